The summed E-state index contributed by atoms with van der Waals surface area (Å²) in [5.74, 6) is -1.08. The number of halogens is 1. The molecule has 0 spiro atoms. The highest BCUT2D eigenvalue weighted by atomic mass is 35.5. The summed E-state index contributed by atoms with van der Waals surface area (Å²) in [6.07, 6.45) is 5.82. The van der Waals surface area contributed by atoms with Crippen molar-refractivity contribution in [2.75, 3.05) is 6.54 Å². The molecule has 2 rings (SSSR count). The summed E-state index contributed by atoms with van der Waals surface area (Å²) in [6.45, 7) is 2.74. The Kier molecular flexibility index (Phi) is 4.93. The number of amides is 1. The summed E-state index contributed by atoms with van der Waals surface area (Å²) < 4.78 is 1.76. The molecule has 0 bridgehead atoms. The standard InChI is InChI=1S/C15H21ClN2O3/c1-2-18-9-11(16)8-12(18)13(19)17-10-15(14(20)21)6-4-3-5-7-15/h8-9H,2-7,10H2,1H3,(H,17,19)(H,20,21). The van der Waals surface area contributed by atoms with Crippen LogP contribution in [0.15, 0.2) is 12.3 Å². The lowest BCUT2D eigenvalue weighted by Gasteiger charge is -2.33. The summed E-state index contributed by atoms with van der Waals surface area (Å²) in [5.41, 5.74) is -0.347. The van der Waals surface area contributed by atoms with E-state index in [9.17, 15) is 14.7 Å². The molecule has 21 heavy (non-hydrogen) atoms. The minimum absolute atomic E-state index is 0.174. The summed E-state index contributed by atoms with van der Waals surface area (Å²) in [5, 5.41) is 12.8. The average Bonchev–Trinajstić information content (AvgIpc) is 2.86. The number of hydrogen-bond donors (Lipinski definition) is 2. The second-order valence-corrected chi connectivity index (χ2v) is 6.09. The third-order valence-corrected chi connectivity index (χ3v) is 4.49. The highest BCUT2D eigenvalue weighted by Gasteiger charge is 2.39. The number of aliphatic carboxylic acids is 1. The Morgan fingerprint density at radius 3 is 2.62 bits per heavy atom. The average molecular weight is 313 g/mol. The molecule has 0 unspecified atom stereocenters. The number of carboxylic acids is 1. The number of rotatable bonds is 5. The van der Waals surface area contributed by atoms with Gasteiger partial charge in [-0.25, -0.2) is 0 Å². The smallest absolute Gasteiger partial charge is 0.311 e. The Labute approximate surface area is 129 Å². The lowest BCUT2D eigenvalue weighted by atomic mass is 9.74. The Balaban J connectivity index is 2.06. The van der Waals surface area contributed by atoms with Crippen molar-refractivity contribution < 1.29 is 14.7 Å². The fraction of sp³-hybridized carbons (Fsp3) is 0.600. The van der Waals surface area contributed by atoms with Crippen molar-refractivity contribution in [2.24, 2.45) is 5.41 Å². The van der Waals surface area contributed by atoms with E-state index in [1.165, 1.54) is 0 Å². The first-order chi connectivity index (χ1) is 9.98. The monoisotopic (exact) mass is 312 g/mol. The molecule has 1 heterocycles. The second kappa shape index (κ2) is 6.52. The van der Waals surface area contributed by atoms with Crippen molar-refractivity contribution in [2.45, 2.75) is 45.6 Å². The molecule has 0 aliphatic heterocycles. The lowest BCUT2D eigenvalue weighted by molar-refractivity contribution is -0.150. The van der Waals surface area contributed by atoms with Gasteiger partial charge in [0.25, 0.3) is 5.91 Å². The van der Waals surface area contributed by atoms with E-state index in [-0.39, 0.29) is 12.5 Å². The maximum absolute atomic E-state index is 12.3. The molecule has 2 N–H and O–H groups in total. The maximum Gasteiger partial charge on any atom is 0.311 e. The van der Waals surface area contributed by atoms with Crippen LogP contribution in [0.4, 0.5) is 0 Å². The topological polar surface area (TPSA) is 71.3 Å². The highest BCUT2D eigenvalue weighted by molar-refractivity contribution is 6.31. The van der Waals surface area contributed by atoms with Crippen molar-refractivity contribution in [1.29, 1.82) is 0 Å². The van der Waals surface area contributed by atoms with Gasteiger partial charge in [-0.15, -0.1) is 0 Å². The van der Waals surface area contributed by atoms with E-state index < -0.39 is 11.4 Å². The van der Waals surface area contributed by atoms with Gasteiger partial charge in [-0.2, -0.15) is 0 Å². The van der Waals surface area contributed by atoms with Crippen LogP contribution >= 0.6 is 11.6 Å². The van der Waals surface area contributed by atoms with Crippen LogP contribution in [0.5, 0.6) is 0 Å². The van der Waals surface area contributed by atoms with Crippen LogP contribution in [-0.4, -0.2) is 28.1 Å². The molecule has 0 saturated heterocycles. The number of carbonyl (C=O) groups is 2. The molecule has 5 nitrogen and oxygen atoms in total. The first kappa shape index (κ1) is 15.9. The lowest BCUT2D eigenvalue weighted by Crippen LogP contribution is -2.44. The van der Waals surface area contributed by atoms with Crippen molar-refractivity contribution in [1.82, 2.24) is 9.88 Å². The first-order valence-electron chi connectivity index (χ1n) is 7.36. The predicted molar refractivity (Wildman–Crippen MR) is 80.6 cm³/mol. The summed E-state index contributed by atoms with van der Waals surface area (Å²) in [4.78, 5) is 23.8. The fourth-order valence-corrected chi connectivity index (χ4v) is 3.18. The van der Waals surface area contributed by atoms with Gasteiger partial charge in [-0.05, 0) is 25.8 Å². The van der Waals surface area contributed by atoms with Gasteiger partial charge >= 0.3 is 5.97 Å². The number of nitrogens with one attached hydrogen (secondary N) is 1. The molecule has 1 saturated carbocycles. The summed E-state index contributed by atoms with van der Waals surface area (Å²) >= 11 is 5.92. The van der Waals surface area contributed by atoms with Gasteiger partial charge in [0.05, 0.1) is 10.4 Å². The van der Waals surface area contributed by atoms with E-state index in [4.69, 9.17) is 11.6 Å². The third kappa shape index (κ3) is 3.40. The van der Waals surface area contributed by atoms with Gasteiger partial charge < -0.3 is 15.0 Å². The zero-order valence-corrected chi connectivity index (χ0v) is 12.9. The van der Waals surface area contributed by atoms with Gasteiger partial charge in [0.15, 0.2) is 0 Å². The van der Waals surface area contributed by atoms with E-state index >= 15 is 0 Å². The molecule has 0 atom stereocenters. The number of aromatic nitrogens is 1. The molecule has 0 aromatic carbocycles. The molecular formula is C15H21ClN2O3. The van der Waals surface area contributed by atoms with Crippen molar-refractivity contribution in [3.63, 3.8) is 0 Å². The largest absolute Gasteiger partial charge is 0.481 e. The van der Waals surface area contributed by atoms with Crippen LogP contribution in [0.3, 0.4) is 0 Å². The minimum Gasteiger partial charge on any atom is -0.481 e. The van der Waals surface area contributed by atoms with Crippen LogP contribution in [0, 0.1) is 5.41 Å². The summed E-state index contributed by atoms with van der Waals surface area (Å²) in [7, 11) is 0. The van der Waals surface area contributed by atoms with Gasteiger partial charge in [-0.3, -0.25) is 9.59 Å². The number of aryl methyl sites for hydroxylation is 1. The predicted octanol–water partition coefficient (Wildman–Crippen LogP) is 2.93. The van der Waals surface area contributed by atoms with E-state index in [2.05, 4.69) is 5.32 Å². The SMILES string of the molecule is CCn1cc(Cl)cc1C(=O)NCC1(C(=O)O)CCCCC1. The molecule has 1 aliphatic rings. The molecule has 1 amide bonds. The number of hydrogen-bond acceptors (Lipinski definition) is 2. The molecule has 116 valence electrons. The van der Waals surface area contributed by atoms with Crippen LogP contribution in [0.25, 0.3) is 0 Å². The van der Waals surface area contributed by atoms with Crippen molar-refractivity contribution in [3.8, 4) is 0 Å². The molecule has 1 aromatic heterocycles. The molecule has 0 radical (unpaired) electrons. The normalized spacial score (nSPS) is 17.4. The zero-order valence-electron chi connectivity index (χ0n) is 12.2. The van der Waals surface area contributed by atoms with Crippen LogP contribution in [0.2, 0.25) is 5.02 Å². The quantitative estimate of drug-likeness (QED) is 0.878. The first-order valence-corrected chi connectivity index (χ1v) is 7.73. The molecular weight excluding hydrogens is 292 g/mol. The van der Waals surface area contributed by atoms with Gasteiger partial charge in [-0.1, -0.05) is 30.9 Å². The fourth-order valence-electron chi connectivity index (χ4n) is 2.96. The third-order valence-electron chi connectivity index (χ3n) is 4.29. The minimum atomic E-state index is -0.818. The Bertz CT molecular complexity index is 533. The van der Waals surface area contributed by atoms with Crippen molar-refractivity contribution >= 4 is 23.5 Å². The molecule has 1 fully saturated rings. The Morgan fingerprint density at radius 1 is 1.38 bits per heavy atom. The molecule has 6 heteroatoms. The van der Waals surface area contributed by atoms with Crippen LogP contribution < -0.4 is 5.32 Å². The van der Waals surface area contributed by atoms with E-state index in [0.29, 0.717) is 30.1 Å². The second-order valence-electron chi connectivity index (χ2n) is 5.66. The maximum atomic E-state index is 12.3. The van der Waals surface area contributed by atoms with Crippen LogP contribution in [-0.2, 0) is 11.3 Å². The van der Waals surface area contributed by atoms with E-state index in [1.807, 2.05) is 6.92 Å². The Hall–Kier alpha value is -1.49. The zero-order chi connectivity index (χ0) is 15.5. The van der Waals surface area contributed by atoms with Gasteiger partial charge in [0.1, 0.15) is 5.69 Å². The van der Waals surface area contributed by atoms with Gasteiger partial charge in [0.2, 0.25) is 0 Å². The Morgan fingerprint density at radius 2 is 2.05 bits per heavy atom. The van der Waals surface area contributed by atoms with Crippen molar-refractivity contribution in [3.05, 3.63) is 23.0 Å². The summed E-state index contributed by atoms with van der Waals surface area (Å²) in [6, 6.07) is 1.61. The molecule has 1 aromatic rings. The van der Waals surface area contributed by atoms with Crippen LogP contribution in [0.1, 0.15) is 49.5 Å². The highest BCUT2D eigenvalue weighted by Crippen LogP contribution is 2.36. The molecule has 1 aliphatic carbocycles. The van der Waals surface area contributed by atoms with Gasteiger partial charge in [0, 0.05) is 19.3 Å². The number of carbonyl (C=O) groups excluding carboxylic acids is 1. The number of carboxylic acid groups (broad SMARTS) is 1. The van der Waals surface area contributed by atoms with E-state index in [1.54, 1.807) is 16.8 Å². The number of nitrogens with zero attached hydrogens (tertiary/aromatic N) is 1. The van der Waals surface area contributed by atoms with E-state index in [0.717, 1.165) is 19.3 Å².